The third kappa shape index (κ3) is 1.88. The Morgan fingerprint density at radius 3 is 2.55 bits per heavy atom. The van der Waals surface area contributed by atoms with Gasteiger partial charge in [-0.15, -0.1) is 0 Å². The molecule has 0 saturated heterocycles. The van der Waals surface area contributed by atoms with Crippen molar-refractivity contribution in [3.05, 3.63) is 35.9 Å². The van der Waals surface area contributed by atoms with E-state index >= 15 is 0 Å². The molecule has 11 heavy (non-hydrogen) atoms. The summed E-state index contributed by atoms with van der Waals surface area (Å²) < 4.78 is 0. The summed E-state index contributed by atoms with van der Waals surface area (Å²) in [6, 6.07) is 9.47. The molecule has 1 aromatic carbocycles. The zero-order valence-electron chi connectivity index (χ0n) is 6.37. The van der Waals surface area contributed by atoms with Crippen molar-refractivity contribution < 1.29 is 4.79 Å². The van der Waals surface area contributed by atoms with E-state index in [2.05, 4.69) is 6.07 Å². The number of carbonyl (C=O) groups is 1. The number of Topliss-reactive ketones (excluding diaryl/α,β-unsaturated/α-hetero) is 1. The van der Waals surface area contributed by atoms with Crippen molar-refractivity contribution in [2.45, 2.75) is 13.0 Å². The summed E-state index contributed by atoms with van der Waals surface area (Å²) in [6.45, 7) is 1.49. The highest BCUT2D eigenvalue weighted by atomic mass is 16.1. The van der Waals surface area contributed by atoms with Crippen LogP contribution in [-0.4, -0.2) is 5.78 Å². The Hall–Kier alpha value is -1.15. The van der Waals surface area contributed by atoms with E-state index in [0.717, 1.165) is 5.56 Å². The summed E-state index contributed by atoms with van der Waals surface area (Å²) in [5.41, 5.74) is 6.42. The van der Waals surface area contributed by atoms with E-state index in [4.69, 9.17) is 5.73 Å². The van der Waals surface area contributed by atoms with Crippen molar-refractivity contribution in [2.24, 2.45) is 5.73 Å². The lowest BCUT2D eigenvalue weighted by atomic mass is 10.1. The van der Waals surface area contributed by atoms with E-state index in [1.807, 2.05) is 0 Å². The molecule has 2 heteroatoms. The first-order valence-corrected chi connectivity index (χ1v) is 3.44. The molecule has 1 radical (unpaired) electrons. The van der Waals surface area contributed by atoms with Gasteiger partial charge in [0.1, 0.15) is 0 Å². The zero-order valence-corrected chi connectivity index (χ0v) is 6.37. The Labute approximate surface area is 66.0 Å². The van der Waals surface area contributed by atoms with Crippen LogP contribution < -0.4 is 5.73 Å². The van der Waals surface area contributed by atoms with Gasteiger partial charge in [0.15, 0.2) is 5.78 Å². The number of hydrogen-bond acceptors (Lipinski definition) is 2. The zero-order chi connectivity index (χ0) is 8.27. The van der Waals surface area contributed by atoms with E-state index in [1.165, 1.54) is 6.92 Å². The average molecular weight is 148 g/mol. The molecular formula is C9H10NO. The highest BCUT2D eigenvalue weighted by Crippen LogP contribution is 2.08. The third-order valence-electron chi connectivity index (χ3n) is 1.54. The predicted molar refractivity (Wildman–Crippen MR) is 42.9 cm³/mol. The second-order valence-electron chi connectivity index (χ2n) is 2.42. The standard InChI is InChI=1S/C9H10NO/c1-7(11)9(10)8-5-3-2-4-6-8/h3-6,9H,10H2,1H3. The number of carbonyl (C=O) groups excluding carboxylic acids is 1. The molecule has 0 fully saturated rings. The molecule has 1 unspecified atom stereocenters. The van der Waals surface area contributed by atoms with Gasteiger partial charge in [0.05, 0.1) is 6.04 Å². The molecule has 2 N–H and O–H groups in total. The molecule has 1 atom stereocenters. The summed E-state index contributed by atoms with van der Waals surface area (Å²) >= 11 is 0. The van der Waals surface area contributed by atoms with Crippen LogP contribution in [0.15, 0.2) is 24.3 Å². The molecule has 0 aliphatic heterocycles. The first kappa shape index (κ1) is 7.95. The summed E-state index contributed by atoms with van der Waals surface area (Å²) in [4.78, 5) is 10.8. The Morgan fingerprint density at radius 2 is 2.09 bits per heavy atom. The van der Waals surface area contributed by atoms with Crippen molar-refractivity contribution >= 4 is 5.78 Å². The fourth-order valence-electron chi connectivity index (χ4n) is 0.842. The molecule has 0 saturated carbocycles. The Balaban J connectivity index is 2.85. The lowest BCUT2D eigenvalue weighted by molar-refractivity contribution is -0.118. The SMILES string of the molecule is CC(=O)C(N)c1cc[c]cc1. The first-order chi connectivity index (χ1) is 5.22. The highest BCUT2D eigenvalue weighted by Gasteiger charge is 2.08. The maximum Gasteiger partial charge on any atom is 0.150 e. The molecular weight excluding hydrogens is 138 g/mol. The van der Waals surface area contributed by atoms with Crippen LogP contribution in [0.25, 0.3) is 0 Å². The fraction of sp³-hybridized carbons (Fsp3) is 0.222. The lowest BCUT2D eigenvalue weighted by Crippen LogP contribution is -2.18. The van der Waals surface area contributed by atoms with Gasteiger partial charge in [-0.1, -0.05) is 24.3 Å². The van der Waals surface area contributed by atoms with Gasteiger partial charge < -0.3 is 5.73 Å². The van der Waals surface area contributed by atoms with Gasteiger partial charge in [-0.05, 0) is 18.6 Å². The Morgan fingerprint density at radius 1 is 1.55 bits per heavy atom. The molecule has 1 aromatic rings. The van der Waals surface area contributed by atoms with Crippen LogP contribution in [0, 0.1) is 6.07 Å². The molecule has 2 nitrogen and oxygen atoms in total. The van der Waals surface area contributed by atoms with E-state index in [9.17, 15) is 4.79 Å². The minimum absolute atomic E-state index is 0.0174. The number of benzene rings is 1. The molecule has 0 aliphatic rings. The average Bonchev–Trinajstić information content (AvgIpc) is 2.05. The van der Waals surface area contributed by atoms with Gasteiger partial charge in [0.25, 0.3) is 0 Å². The monoisotopic (exact) mass is 148 g/mol. The summed E-state index contributed by atoms with van der Waals surface area (Å²) in [5.74, 6) is -0.0174. The molecule has 0 spiro atoms. The van der Waals surface area contributed by atoms with Gasteiger partial charge in [-0.25, -0.2) is 0 Å². The highest BCUT2D eigenvalue weighted by molar-refractivity contribution is 5.82. The Bertz CT molecular complexity index is 243. The van der Waals surface area contributed by atoms with Gasteiger partial charge in [0.2, 0.25) is 0 Å². The van der Waals surface area contributed by atoms with Crippen molar-refractivity contribution in [1.82, 2.24) is 0 Å². The second kappa shape index (κ2) is 3.30. The smallest absolute Gasteiger partial charge is 0.150 e. The van der Waals surface area contributed by atoms with E-state index < -0.39 is 6.04 Å². The molecule has 0 aromatic heterocycles. The normalized spacial score (nSPS) is 12.5. The van der Waals surface area contributed by atoms with Crippen molar-refractivity contribution in [3.8, 4) is 0 Å². The van der Waals surface area contributed by atoms with Gasteiger partial charge >= 0.3 is 0 Å². The van der Waals surface area contributed by atoms with Crippen LogP contribution in [-0.2, 0) is 4.79 Å². The summed E-state index contributed by atoms with van der Waals surface area (Å²) in [6.07, 6.45) is 0. The van der Waals surface area contributed by atoms with Crippen molar-refractivity contribution in [2.75, 3.05) is 0 Å². The largest absolute Gasteiger partial charge is 0.318 e. The molecule has 0 heterocycles. The molecule has 0 aliphatic carbocycles. The number of hydrogen-bond donors (Lipinski definition) is 1. The molecule has 0 bridgehead atoms. The Kier molecular flexibility index (Phi) is 2.39. The maximum absolute atomic E-state index is 10.8. The van der Waals surface area contributed by atoms with Crippen LogP contribution in [0.1, 0.15) is 18.5 Å². The lowest BCUT2D eigenvalue weighted by Gasteiger charge is -2.05. The fourth-order valence-corrected chi connectivity index (χ4v) is 0.842. The third-order valence-corrected chi connectivity index (χ3v) is 1.54. The maximum atomic E-state index is 10.8. The van der Waals surface area contributed by atoms with E-state index in [1.54, 1.807) is 24.3 Å². The summed E-state index contributed by atoms with van der Waals surface area (Å²) in [5, 5.41) is 0. The number of ketones is 1. The van der Waals surface area contributed by atoms with Crippen molar-refractivity contribution in [3.63, 3.8) is 0 Å². The van der Waals surface area contributed by atoms with Crippen LogP contribution in [0.2, 0.25) is 0 Å². The quantitative estimate of drug-likeness (QED) is 0.681. The van der Waals surface area contributed by atoms with Gasteiger partial charge in [0, 0.05) is 0 Å². The predicted octanol–water partition coefficient (Wildman–Crippen LogP) is 1.08. The van der Waals surface area contributed by atoms with Gasteiger partial charge in [-0.3, -0.25) is 4.79 Å². The molecule has 0 amide bonds. The second-order valence-corrected chi connectivity index (χ2v) is 2.42. The van der Waals surface area contributed by atoms with Crippen LogP contribution in [0.4, 0.5) is 0 Å². The van der Waals surface area contributed by atoms with Crippen LogP contribution >= 0.6 is 0 Å². The molecule has 57 valence electrons. The van der Waals surface area contributed by atoms with Crippen LogP contribution in [0.5, 0.6) is 0 Å². The van der Waals surface area contributed by atoms with E-state index in [-0.39, 0.29) is 5.78 Å². The number of nitrogens with two attached hydrogens (primary N) is 1. The first-order valence-electron chi connectivity index (χ1n) is 3.44. The molecule has 1 rings (SSSR count). The summed E-state index contributed by atoms with van der Waals surface area (Å²) in [7, 11) is 0. The minimum Gasteiger partial charge on any atom is -0.318 e. The topological polar surface area (TPSA) is 43.1 Å². The number of rotatable bonds is 2. The van der Waals surface area contributed by atoms with Crippen LogP contribution in [0.3, 0.4) is 0 Å². The minimum atomic E-state index is -0.482. The van der Waals surface area contributed by atoms with E-state index in [0.29, 0.717) is 0 Å². The van der Waals surface area contributed by atoms with Crippen molar-refractivity contribution in [1.29, 1.82) is 0 Å². The van der Waals surface area contributed by atoms with Gasteiger partial charge in [-0.2, -0.15) is 0 Å².